The normalized spacial score (nSPS) is 24.4. The molecule has 0 aromatic rings. The summed E-state index contributed by atoms with van der Waals surface area (Å²) in [6.45, 7) is 7.79. The minimum atomic E-state index is 0.275. The summed E-state index contributed by atoms with van der Waals surface area (Å²) in [5.41, 5.74) is 0. The molecule has 0 amide bonds. The van der Waals surface area contributed by atoms with Gasteiger partial charge in [-0.1, -0.05) is 6.92 Å². The molecule has 3 heteroatoms. The fraction of sp³-hybridized carbons (Fsp3) is 1.00. The zero-order valence-electron chi connectivity index (χ0n) is 9.50. The Hall–Kier alpha value is -0.120. The third-order valence-electron chi connectivity index (χ3n) is 3.22. The van der Waals surface area contributed by atoms with Crippen LogP contribution >= 0.6 is 0 Å². The van der Waals surface area contributed by atoms with Crippen LogP contribution in [0.15, 0.2) is 0 Å². The Balaban J connectivity index is 2.33. The van der Waals surface area contributed by atoms with Crippen molar-refractivity contribution in [1.82, 2.24) is 10.2 Å². The van der Waals surface area contributed by atoms with Gasteiger partial charge in [0.05, 0.1) is 6.61 Å². The maximum absolute atomic E-state index is 8.99. The van der Waals surface area contributed by atoms with Gasteiger partial charge in [-0.15, -0.1) is 0 Å². The van der Waals surface area contributed by atoms with Crippen LogP contribution in [0.3, 0.4) is 0 Å². The second kappa shape index (κ2) is 6.38. The van der Waals surface area contributed by atoms with Crippen molar-refractivity contribution in [3.8, 4) is 0 Å². The van der Waals surface area contributed by atoms with E-state index < -0.39 is 0 Å². The molecule has 1 heterocycles. The molecule has 1 aliphatic rings. The molecule has 0 bridgehead atoms. The van der Waals surface area contributed by atoms with Crippen molar-refractivity contribution >= 4 is 0 Å². The van der Waals surface area contributed by atoms with Crippen LogP contribution in [0.25, 0.3) is 0 Å². The summed E-state index contributed by atoms with van der Waals surface area (Å²) < 4.78 is 0. The molecule has 0 aromatic carbocycles. The Bertz CT molecular complexity index is 146. The van der Waals surface area contributed by atoms with Crippen LogP contribution < -0.4 is 5.32 Å². The average Bonchev–Trinajstić information content (AvgIpc) is 2.68. The predicted octanol–water partition coefficient (Wildman–Crippen LogP) is 0.831. The summed E-state index contributed by atoms with van der Waals surface area (Å²) in [5, 5.41) is 12.5. The van der Waals surface area contributed by atoms with E-state index in [0.29, 0.717) is 12.1 Å². The molecule has 2 atom stereocenters. The molecular weight excluding hydrogens is 176 g/mol. The van der Waals surface area contributed by atoms with E-state index in [1.807, 2.05) is 0 Å². The molecule has 0 aliphatic carbocycles. The zero-order valence-corrected chi connectivity index (χ0v) is 9.50. The third kappa shape index (κ3) is 3.56. The second-order valence-electron chi connectivity index (χ2n) is 4.27. The van der Waals surface area contributed by atoms with Gasteiger partial charge < -0.3 is 10.4 Å². The van der Waals surface area contributed by atoms with Crippen molar-refractivity contribution < 1.29 is 5.11 Å². The zero-order chi connectivity index (χ0) is 10.4. The SMILES string of the molecule is CCC(C)N(CCO)CC1CCCN1. The van der Waals surface area contributed by atoms with Gasteiger partial charge in [-0.2, -0.15) is 0 Å². The Morgan fingerprint density at radius 1 is 1.57 bits per heavy atom. The van der Waals surface area contributed by atoms with Gasteiger partial charge in [-0.25, -0.2) is 0 Å². The highest BCUT2D eigenvalue weighted by Crippen LogP contribution is 2.10. The molecule has 3 nitrogen and oxygen atoms in total. The molecule has 0 saturated carbocycles. The van der Waals surface area contributed by atoms with Gasteiger partial charge in [0.25, 0.3) is 0 Å². The Morgan fingerprint density at radius 3 is 2.86 bits per heavy atom. The van der Waals surface area contributed by atoms with Crippen molar-refractivity contribution in [2.75, 3.05) is 26.2 Å². The number of nitrogens with one attached hydrogen (secondary N) is 1. The van der Waals surface area contributed by atoms with E-state index in [-0.39, 0.29) is 6.61 Å². The summed E-state index contributed by atoms with van der Waals surface area (Å²) >= 11 is 0. The highest BCUT2D eigenvalue weighted by atomic mass is 16.3. The van der Waals surface area contributed by atoms with Crippen molar-refractivity contribution in [2.24, 2.45) is 0 Å². The van der Waals surface area contributed by atoms with E-state index in [9.17, 15) is 0 Å². The predicted molar refractivity (Wildman–Crippen MR) is 59.4 cm³/mol. The monoisotopic (exact) mass is 200 g/mol. The Morgan fingerprint density at radius 2 is 2.36 bits per heavy atom. The van der Waals surface area contributed by atoms with Crippen LogP contribution in [0.5, 0.6) is 0 Å². The van der Waals surface area contributed by atoms with Gasteiger partial charge in [0, 0.05) is 25.2 Å². The van der Waals surface area contributed by atoms with Crippen molar-refractivity contribution in [2.45, 2.75) is 45.2 Å². The lowest BCUT2D eigenvalue weighted by Gasteiger charge is -2.30. The van der Waals surface area contributed by atoms with Crippen molar-refractivity contribution in [3.63, 3.8) is 0 Å². The molecular formula is C11H24N2O. The van der Waals surface area contributed by atoms with Gasteiger partial charge in [0.15, 0.2) is 0 Å². The molecule has 1 saturated heterocycles. The largest absolute Gasteiger partial charge is 0.395 e. The van der Waals surface area contributed by atoms with Crippen LogP contribution in [0.1, 0.15) is 33.1 Å². The van der Waals surface area contributed by atoms with Crippen molar-refractivity contribution in [1.29, 1.82) is 0 Å². The molecule has 84 valence electrons. The van der Waals surface area contributed by atoms with Crippen LogP contribution in [-0.2, 0) is 0 Å². The molecule has 2 unspecified atom stereocenters. The smallest absolute Gasteiger partial charge is 0.0558 e. The van der Waals surface area contributed by atoms with E-state index >= 15 is 0 Å². The molecule has 14 heavy (non-hydrogen) atoms. The van der Waals surface area contributed by atoms with Gasteiger partial charge in [0.1, 0.15) is 0 Å². The average molecular weight is 200 g/mol. The number of aliphatic hydroxyl groups excluding tert-OH is 1. The van der Waals surface area contributed by atoms with E-state index in [4.69, 9.17) is 5.11 Å². The standard InChI is InChI=1S/C11H24N2O/c1-3-10(2)13(7-8-14)9-11-5-4-6-12-11/h10-12,14H,3-9H2,1-2H3. The van der Waals surface area contributed by atoms with Gasteiger partial charge in [-0.3, -0.25) is 4.90 Å². The first kappa shape index (κ1) is 12.0. The van der Waals surface area contributed by atoms with Crippen molar-refractivity contribution in [3.05, 3.63) is 0 Å². The molecule has 1 fully saturated rings. The summed E-state index contributed by atoms with van der Waals surface area (Å²) in [6, 6.07) is 1.24. The molecule has 1 aliphatic heterocycles. The van der Waals surface area contributed by atoms with Crippen LogP contribution in [0, 0.1) is 0 Å². The minimum Gasteiger partial charge on any atom is -0.395 e. The van der Waals surface area contributed by atoms with Gasteiger partial charge >= 0.3 is 0 Å². The first-order valence-corrected chi connectivity index (χ1v) is 5.86. The van der Waals surface area contributed by atoms with Crippen LogP contribution in [0.2, 0.25) is 0 Å². The number of hydrogen-bond acceptors (Lipinski definition) is 3. The first-order chi connectivity index (χ1) is 6.77. The number of nitrogens with zero attached hydrogens (tertiary/aromatic N) is 1. The third-order valence-corrected chi connectivity index (χ3v) is 3.22. The van der Waals surface area contributed by atoms with E-state index in [0.717, 1.165) is 26.1 Å². The fourth-order valence-corrected chi connectivity index (χ4v) is 2.07. The molecule has 0 spiro atoms. The fourth-order valence-electron chi connectivity index (χ4n) is 2.07. The summed E-state index contributed by atoms with van der Waals surface area (Å²) in [6.07, 6.45) is 3.75. The first-order valence-electron chi connectivity index (χ1n) is 5.86. The minimum absolute atomic E-state index is 0.275. The lowest BCUT2D eigenvalue weighted by atomic mass is 10.1. The number of rotatable bonds is 6. The maximum Gasteiger partial charge on any atom is 0.0558 e. The Labute approximate surface area is 87.5 Å². The lowest BCUT2D eigenvalue weighted by molar-refractivity contribution is 0.144. The number of hydrogen-bond donors (Lipinski definition) is 2. The Kier molecular flexibility index (Phi) is 5.45. The molecule has 0 aromatic heterocycles. The molecule has 1 rings (SSSR count). The summed E-state index contributed by atoms with van der Waals surface area (Å²) in [7, 11) is 0. The summed E-state index contributed by atoms with van der Waals surface area (Å²) in [4.78, 5) is 2.39. The second-order valence-corrected chi connectivity index (χ2v) is 4.27. The number of aliphatic hydroxyl groups is 1. The quantitative estimate of drug-likeness (QED) is 0.667. The van der Waals surface area contributed by atoms with Gasteiger partial charge in [0.2, 0.25) is 0 Å². The van der Waals surface area contributed by atoms with Crippen LogP contribution in [0.4, 0.5) is 0 Å². The topological polar surface area (TPSA) is 35.5 Å². The summed E-state index contributed by atoms with van der Waals surface area (Å²) in [5.74, 6) is 0. The van der Waals surface area contributed by atoms with E-state index in [2.05, 4.69) is 24.1 Å². The van der Waals surface area contributed by atoms with Gasteiger partial charge in [-0.05, 0) is 32.7 Å². The maximum atomic E-state index is 8.99. The van der Waals surface area contributed by atoms with E-state index in [1.165, 1.54) is 12.8 Å². The van der Waals surface area contributed by atoms with E-state index in [1.54, 1.807) is 0 Å². The molecule has 0 radical (unpaired) electrons. The highest BCUT2D eigenvalue weighted by molar-refractivity contribution is 4.79. The van der Waals surface area contributed by atoms with Crippen LogP contribution in [-0.4, -0.2) is 48.3 Å². The highest BCUT2D eigenvalue weighted by Gasteiger charge is 2.19. The lowest BCUT2D eigenvalue weighted by Crippen LogP contribution is -2.43. The molecule has 2 N–H and O–H groups in total.